The average Bonchev–Trinajstić information content (AvgIpc) is 3.06. The van der Waals surface area contributed by atoms with Crippen LogP contribution in [-0.2, 0) is 14.8 Å². The Hall–Kier alpha value is -1.13. The number of ether oxygens (including phenoxy) is 1. The summed E-state index contributed by atoms with van der Waals surface area (Å²) in [4.78, 5) is 14.8. The quantitative estimate of drug-likeness (QED) is 0.558. The highest BCUT2D eigenvalue weighted by molar-refractivity contribution is 7.89. The number of halogens is 1. The Morgan fingerprint density at radius 3 is 2.67 bits per heavy atom. The summed E-state index contributed by atoms with van der Waals surface area (Å²) in [7, 11) is -3.58. The lowest BCUT2D eigenvalue weighted by molar-refractivity contribution is 0.0730. The summed E-state index contributed by atoms with van der Waals surface area (Å²) in [5.41, 5.74) is 0.243. The Bertz CT molecular complexity index is 614. The Morgan fingerprint density at radius 2 is 2.00 bits per heavy atom. The summed E-state index contributed by atoms with van der Waals surface area (Å²) in [5, 5.41) is 5.92. The summed E-state index contributed by atoms with van der Waals surface area (Å²) in [6.45, 7) is 5.59. The van der Waals surface area contributed by atoms with Gasteiger partial charge in [0.2, 0.25) is 10.0 Å². The van der Waals surface area contributed by atoms with Crippen LogP contribution >= 0.6 is 12.4 Å². The zero-order valence-corrected chi connectivity index (χ0v) is 15.3. The number of sulfonamides is 1. The van der Waals surface area contributed by atoms with E-state index in [9.17, 15) is 13.2 Å². The minimum Gasteiger partial charge on any atom is -0.379 e. The van der Waals surface area contributed by atoms with Gasteiger partial charge in [0, 0.05) is 32.4 Å². The first-order valence-electron chi connectivity index (χ1n) is 7.81. The van der Waals surface area contributed by atoms with Crippen molar-refractivity contribution in [3.8, 4) is 0 Å². The molecule has 0 saturated carbocycles. The fourth-order valence-electron chi connectivity index (χ4n) is 2.25. The van der Waals surface area contributed by atoms with E-state index in [1.807, 2.05) is 0 Å². The smallest absolute Gasteiger partial charge is 0.267 e. The van der Waals surface area contributed by atoms with Gasteiger partial charge in [0.1, 0.15) is 10.6 Å². The van der Waals surface area contributed by atoms with Crippen molar-refractivity contribution < 1.29 is 17.9 Å². The van der Waals surface area contributed by atoms with Crippen LogP contribution in [0.15, 0.2) is 17.2 Å². The average molecular weight is 381 g/mol. The first-order valence-corrected chi connectivity index (χ1v) is 9.25. The normalized spacial score (nSPS) is 15.7. The number of aromatic nitrogens is 1. The molecule has 10 heteroatoms. The monoisotopic (exact) mass is 380 g/mol. The third-order valence-corrected chi connectivity index (χ3v) is 5.40. The number of hydrogen-bond acceptors (Lipinski definition) is 5. The number of carbonyl (C=O) groups is 1. The molecule has 1 aromatic heterocycles. The lowest BCUT2D eigenvalue weighted by Gasteiger charge is -2.25. The number of morpholine rings is 1. The molecule has 1 aliphatic heterocycles. The molecule has 1 saturated heterocycles. The molecule has 8 nitrogen and oxygen atoms in total. The van der Waals surface area contributed by atoms with E-state index in [0.29, 0.717) is 39.4 Å². The van der Waals surface area contributed by atoms with E-state index in [4.69, 9.17) is 4.74 Å². The van der Waals surface area contributed by atoms with Crippen LogP contribution in [0.1, 0.15) is 23.8 Å². The van der Waals surface area contributed by atoms with E-state index in [1.54, 1.807) is 0 Å². The molecule has 0 aliphatic carbocycles. The minimum absolute atomic E-state index is 0. The molecule has 2 heterocycles. The lowest BCUT2D eigenvalue weighted by atomic mass is 10.4. The molecule has 0 unspecified atom stereocenters. The molecular weight excluding hydrogens is 356 g/mol. The Balaban J connectivity index is 0.00000288. The van der Waals surface area contributed by atoms with Crippen molar-refractivity contribution in [1.82, 2.24) is 19.9 Å². The fourth-order valence-corrected chi connectivity index (χ4v) is 3.65. The minimum atomic E-state index is -3.58. The third kappa shape index (κ3) is 5.45. The molecule has 2 rings (SSSR count). The molecule has 1 fully saturated rings. The predicted molar refractivity (Wildman–Crippen MR) is 93.1 cm³/mol. The summed E-state index contributed by atoms with van der Waals surface area (Å²) >= 11 is 0. The second-order valence-electron chi connectivity index (χ2n) is 5.27. The number of carbonyl (C=O) groups excluding carboxylic acids is 1. The van der Waals surface area contributed by atoms with Gasteiger partial charge in [-0.3, -0.25) is 4.79 Å². The van der Waals surface area contributed by atoms with E-state index in [2.05, 4.69) is 22.5 Å². The summed E-state index contributed by atoms with van der Waals surface area (Å²) < 4.78 is 31.5. The van der Waals surface area contributed by atoms with Gasteiger partial charge in [0.25, 0.3) is 5.91 Å². The van der Waals surface area contributed by atoms with Gasteiger partial charge in [0.15, 0.2) is 0 Å². The Labute approximate surface area is 148 Å². The maximum absolute atomic E-state index is 12.5. The summed E-state index contributed by atoms with van der Waals surface area (Å²) in [6, 6.07) is 1.37. The Kier molecular flexibility index (Phi) is 8.71. The van der Waals surface area contributed by atoms with Gasteiger partial charge in [-0.15, -0.1) is 12.4 Å². The summed E-state index contributed by atoms with van der Waals surface area (Å²) in [5.74, 6) is -0.313. The van der Waals surface area contributed by atoms with E-state index in [-0.39, 0.29) is 28.9 Å². The number of nitrogens with zero attached hydrogens (tertiary/aromatic N) is 1. The van der Waals surface area contributed by atoms with Crippen molar-refractivity contribution >= 4 is 28.3 Å². The van der Waals surface area contributed by atoms with Crippen molar-refractivity contribution in [3.63, 3.8) is 0 Å². The van der Waals surface area contributed by atoms with Crippen LogP contribution in [0.2, 0.25) is 0 Å². The number of aromatic amines is 1. The first kappa shape index (κ1) is 20.9. The highest BCUT2D eigenvalue weighted by Crippen LogP contribution is 2.17. The van der Waals surface area contributed by atoms with Gasteiger partial charge in [-0.2, -0.15) is 4.31 Å². The molecule has 3 N–H and O–H groups in total. The van der Waals surface area contributed by atoms with E-state index in [0.717, 1.165) is 13.0 Å². The van der Waals surface area contributed by atoms with E-state index in [1.165, 1.54) is 16.6 Å². The fraction of sp³-hybridized carbons (Fsp3) is 0.643. The van der Waals surface area contributed by atoms with Gasteiger partial charge in [0.05, 0.1) is 13.2 Å². The SMILES string of the molecule is CCCNCCNC(=O)c1cc(S(=O)(=O)N2CCOCC2)c[nH]1.Cl. The second-order valence-corrected chi connectivity index (χ2v) is 7.21. The van der Waals surface area contributed by atoms with Gasteiger partial charge in [-0.25, -0.2) is 8.42 Å². The zero-order valence-electron chi connectivity index (χ0n) is 13.7. The maximum Gasteiger partial charge on any atom is 0.267 e. The van der Waals surface area contributed by atoms with Gasteiger partial charge in [-0.05, 0) is 19.0 Å². The van der Waals surface area contributed by atoms with Gasteiger partial charge < -0.3 is 20.4 Å². The molecule has 1 amide bonds. The number of H-pyrrole nitrogens is 1. The molecule has 0 bridgehead atoms. The molecule has 24 heavy (non-hydrogen) atoms. The predicted octanol–water partition coefficient (Wildman–Crippen LogP) is 0.187. The van der Waals surface area contributed by atoms with Crippen molar-refractivity contribution in [2.24, 2.45) is 0 Å². The molecular formula is C14H25ClN4O4S. The lowest BCUT2D eigenvalue weighted by Crippen LogP contribution is -2.40. The number of hydrogen-bond donors (Lipinski definition) is 3. The molecule has 0 radical (unpaired) electrons. The van der Waals surface area contributed by atoms with Crippen LogP contribution in [0.5, 0.6) is 0 Å². The molecule has 1 aromatic rings. The molecule has 138 valence electrons. The van der Waals surface area contributed by atoms with Crippen LogP contribution in [0.4, 0.5) is 0 Å². The Morgan fingerprint density at radius 1 is 1.29 bits per heavy atom. The molecule has 0 aromatic carbocycles. The van der Waals surface area contributed by atoms with Crippen LogP contribution in [0.3, 0.4) is 0 Å². The van der Waals surface area contributed by atoms with Crippen molar-refractivity contribution in [1.29, 1.82) is 0 Å². The van der Waals surface area contributed by atoms with Crippen LogP contribution < -0.4 is 10.6 Å². The van der Waals surface area contributed by atoms with Crippen LogP contribution in [0.25, 0.3) is 0 Å². The van der Waals surface area contributed by atoms with Gasteiger partial charge in [-0.1, -0.05) is 6.92 Å². The molecule has 1 aliphatic rings. The van der Waals surface area contributed by atoms with Crippen molar-refractivity contribution in [2.45, 2.75) is 18.2 Å². The second kappa shape index (κ2) is 10.00. The van der Waals surface area contributed by atoms with Crippen molar-refractivity contribution in [3.05, 3.63) is 18.0 Å². The van der Waals surface area contributed by atoms with E-state index >= 15 is 0 Å². The number of nitrogens with one attached hydrogen (secondary N) is 3. The van der Waals surface area contributed by atoms with Crippen LogP contribution in [0, 0.1) is 0 Å². The highest BCUT2D eigenvalue weighted by atomic mass is 35.5. The van der Waals surface area contributed by atoms with E-state index < -0.39 is 10.0 Å². The maximum atomic E-state index is 12.5. The number of amides is 1. The zero-order chi connectivity index (χ0) is 16.7. The number of rotatable bonds is 8. The summed E-state index contributed by atoms with van der Waals surface area (Å²) in [6.07, 6.45) is 2.39. The highest BCUT2D eigenvalue weighted by Gasteiger charge is 2.27. The topological polar surface area (TPSA) is 104 Å². The molecule has 0 atom stereocenters. The standard InChI is InChI=1S/C14H24N4O4S.ClH/c1-2-3-15-4-5-16-14(19)13-10-12(11-17-13)23(20,21)18-6-8-22-9-7-18;/h10-11,15,17H,2-9H2,1H3,(H,16,19);1H. The molecule has 0 spiro atoms. The third-order valence-electron chi connectivity index (χ3n) is 3.52. The largest absolute Gasteiger partial charge is 0.379 e. The van der Waals surface area contributed by atoms with Crippen LogP contribution in [-0.4, -0.2) is 69.6 Å². The van der Waals surface area contributed by atoms with Crippen molar-refractivity contribution in [2.75, 3.05) is 45.9 Å². The first-order chi connectivity index (χ1) is 11.1. The van der Waals surface area contributed by atoms with Gasteiger partial charge >= 0.3 is 0 Å².